The number of nitrogens with one attached hydrogen (secondary N) is 2. The van der Waals surface area contributed by atoms with Crippen molar-refractivity contribution in [1.29, 1.82) is 0 Å². The lowest BCUT2D eigenvalue weighted by Crippen LogP contribution is -2.27. The molecular formula is C22H22N4O4S. The Bertz CT molecular complexity index is 1140. The fourth-order valence-corrected chi connectivity index (χ4v) is 3.73. The highest BCUT2D eigenvalue weighted by Gasteiger charge is 2.12. The highest BCUT2D eigenvalue weighted by molar-refractivity contribution is 7.14. The summed E-state index contributed by atoms with van der Waals surface area (Å²) in [5, 5.41) is 18.4. The van der Waals surface area contributed by atoms with E-state index in [-0.39, 0.29) is 24.6 Å². The van der Waals surface area contributed by atoms with Crippen LogP contribution in [0.1, 0.15) is 33.5 Å². The molecule has 0 fully saturated rings. The first kappa shape index (κ1) is 22.1. The summed E-state index contributed by atoms with van der Waals surface area (Å²) < 4.78 is 0. The molecule has 2 amide bonds. The lowest BCUT2D eigenvalue weighted by atomic mass is 9.99. The predicted molar refractivity (Wildman–Crippen MR) is 120 cm³/mol. The minimum atomic E-state index is -0.530. The van der Waals surface area contributed by atoms with E-state index in [1.165, 1.54) is 46.7 Å². The molecule has 0 saturated carbocycles. The molecule has 0 spiro atoms. The molecule has 3 rings (SSSR count). The molecule has 8 nitrogen and oxygen atoms in total. The number of carbonyl (C=O) groups excluding carboxylic acids is 2. The van der Waals surface area contributed by atoms with Gasteiger partial charge in [-0.2, -0.15) is 0 Å². The van der Waals surface area contributed by atoms with E-state index in [0.29, 0.717) is 10.7 Å². The molecule has 0 radical (unpaired) electrons. The Morgan fingerprint density at radius 1 is 1.06 bits per heavy atom. The maximum absolute atomic E-state index is 12.2. The summed E-state index contributed by atoms with van der Waals surface area (Å²) >= 11 is 1.35. The van der Waals surface area contributed by atoms with Crippen LogP contribution in [0.25, 0.3) is 11.3 Å². The quantitative estimate of drug-likeness (QED) is 0.419. The van der Waals surface area contributed by atoms with Crippen molar-refractivity contribution in [2.24, 2.45) is 0 Å². The van der Waals surface area contributed by atoms with Crippen LogP contribution in [-0.4, -0.2) is 28.3 Å². The van der Waals surface area contributed by atoms with E-state index < -0.39 is 10.8 Å². The first-order valence-corrected chi connectivity index (χ1v) is 10.5. The molecule has 160 valence electrons. The summed E-state index contributed by atoms with van der Waals surface area (Å²) in [5.41, 5.74) is 5.58. The van der Waals surface area contributed by atoms with Crippen molar-refractivity contribution in [2.45, 2.75) is 27.2 Å². The second kappa shape index (κ2) is 9.48. The number of rotatable bonds is 7. The largest absolute Gasteiger partial charge is 0.352 e. The highest BCUT2D eigenvalue weighted by atomic mass is 32.1. The Balaban J connectivity index is 1.52. The Kier molecular flexibility index (Phi) is 6.76. The zero-order valence-corrected chi connectivity index (χ0v) is 18.2. The second-order valence-electron chi connectivity index (χ2n) is 7.15. The molecule has 0 aliphatic carbocycles. The van der Waals surface area contributed by atoms with Gasteiger partial charge in [-0.15, -0.1) is 11.3 Å². The van der Waals surface area contributed by atoms with Crippen molar-refractivity contribution >= 4 is 34.0 Å². The predicted octanol–water partition coefficient (Wildman–Crippen LogP) is 4.40. The molecule has 1 heterocycles. The maximum atomic E-state index is 12.2. The smallest absolute Gasteiger partial charge is 0.269 e. The van der Waals surface area contributed by atoms with Crippen molar-refractivity contribution in [3.8, 4) is 11.3 Å². The van der Waals surface area contributed by atoms with Crippen LogP contribution in [0, 0.1) is 30.9 Å². The van der Waals surface area contributed by atoms with Crippen molar-refractivity contribution in [3.05, 3.63) is 74.1 Å². The Morgan fingerprint density at radius 3 is 2.42 bits per heavy atom. The molecule has 2 aromatic carbocycles. The first-order chi connectivity index (χ1) is 14.7. The lowest BCUT2D eigenvalue weighted by molar-refractivity contribution is -0.384. The Morgan fingerprint density at radius 2 is 1.74 bits per heavy atom. The van der Waals surface area contributed by atoms with Gasteiger partial charge in [0, 0.05) is 41.6 Å². The number of thiazole rings is 1. The number of amides is 2. The number of benzene rings is 2. The summed E-state index contributed by atoms with van der Waals surface area (Å²) in [6.07, 6.45) is 0.0797. The van der Waals surface area contributed by atoms with Gasteiger partial charge < -0.3 is 10.6 Å². The number of aryl methyl sites for hydroxylation is 3. The normalized spacial score (nSPS) is 10.5. The van der Waals surface area contributed by atoms with E-state index in [9.17, 15) is 19.7 Å². The molecule has 0 bridgehead atoms. The average molecular weight is 439 g/mol. The number of carbonyl (C=O) groups is 2. The summed E-state index contributed by atoms with van der Waals surface area (Å²) in [5.74, 6) is -0.661. The Hall–Kier alpha value is -3.59. The number of aromatic nitrogens is 1. The lowest BCUT2D eigenvalue weighted by Gasteiger charge is -2.07. The van der Waals surface area contributed by atoms with Gasteiger partial charge in [0.25, 0.3) is 11.6 Å². The van der Waals surface area contributed by atoms with Gasteiger partial charge in [-0.25, -0.2) is 4.98 Å². The molecular weight excluding hydrogens is 416 g/mol. The molecule has 2 N–H and O–H groups in total. The molecule has 31 heavy (non-hydrogen) atoms. The minimum absolute atomic E-state index is 0.0797. The van der Waals surface area contributed by atoms with Crippen molar-refractivity contribution in [1.82, 2.24) is 10.3 Å². The van der Waals surface area contributed by atoms with Crippen LogP contribution in [0.3, 0.4) is 0 Å². The summed E-state index contributed by atoms with van der Waals surface area (Å²) in [6.45, 7) is 6.29. The molecule has 0 atom stereocenters. The van der Waals surface area contributed by atoms with Crippen LogP contribution < -0.4 is 10.6 Å². The van der Waals surface area contributed by atoms with Crippen molar-refractivity contribution in [3.63, 3.8) is 0 Å². The van der Waals surface area contributed by atoms with E-state index in [1.807, 2.05) is 12.3 Å². The zero-order valence-electron chi connectivity index (χ0n) is 17.4. The van der Waals surface area contributed by atoms with Crippen LogP contribution in [0.15, 0.2) is 41.8 Å². The molecule has 1 aromatic heterocycles. The standard InChI is InChI=1S/C22H22N4O4S/c1-13-10-15(3)18(11-14(13)2)19-12-31-22(24-19)25-20(27)8-9-23-21(28)16-4-6-17(7-5-16)26(29)30/h4-7,10-12H,8-9H2,1-3H3,(H,23,28)(H,24,25,27). The molecule has 3 aromatic rings. The third kappa shape index (κ3) is 5.52. The van der Waals surface area contributed by atoms with Crippen LogP contribution in [0.5, 0.6) is 0 Å². The number of non-ortho nitro benzene ring substituents is 1. The number of nitro groups is 1. The van der Waals surface area contributed by atoms with Crippen LogP contribution in [-0.2, 0) is 4.79 Å². The van der Waals surface area contributed by atoms with Crippen LogP contribution >= 0.6 is 11.3 Å². The zero-order chi connectivity index (χ0) is 22.5. The molecule has 9 heteroatoms. The Labute approximate surface area is 183 Å². The number of nitrogens with zero attached hydrogens (tertiary/aromatic N) is 2. The van der Waals surface area contributed by atoms with Gasteiger partial charge in [0.15, 0.2) is 5.13 Å². The van der Waals surface area contributed by atoms with Crippen molar-refractivity contribution < 1.29 is 14.5 Å². The number of hydrogen-bond donors (Lipinski definition) is 2. The highest BCUT2D eigenvalue weighted by Crippen LogP contribution is 2.29. The van der Waals surface area contributed by atoms with E-state index in [2.05, 4.69) is 41.6 Å². The van der Waals surface area contributed by atoms with E-state index in [4.69, 9.17) is 0 Å². The molecule has 0 unspecified atom stereocenters. The molecule has 0 aliphatic rings. The van der Waals surface area contributed by atoms with Gasteiger partial charge in [-0.1, -0.05) is 6.07 Å². The van der Waals surface area contributed by atoms with Gasteiger partial charge >= 0.3 is 0 Å². The number of anilines is 1. The van der Waals surface area contributed by atoms with Gasteiger partial charge in [0.1, 0.15) is 0 Å². The summed E-state index contributed by atoms with van der Waals surface area (Å²) in [7, 11) is 0. The summed E-state index contributed by atoms with van der Waals surface area (Å²) in [6, 6.07) is 9.49. The topological polar surface area (TPSA) is 114 Å². The van der Waals surface area contributed by atoms with Crippen LogP contribution in [0.4, 0.5) is 10.8 Å². The maximum Gasteiger partial charge on any atom is 0.269 e. The second-order valence-corrected chi connectivity index (χ2v) is 8.01. The van der Waals surface area contributed by atoms with E-state index in [0.717, 1.165) is 16.8 Å². The summed E-state index contributed by atoms with van der Waals surface area (Å²) in [4.78, 5) is 38.9. The number of nitro benzene ring substituents is 1. The van der Waals surface area contributed by atoms with E-state index in [1.54, 1.807) is 0 Å². The van der Waals surface area contributed by atoms with Gasteiger partial charge in [0.2, 0.25) is 5.91 Å². The minimum Gasteiger partial charge on any atom is -0.352 e. The van der Waals surface area contributed by atoms with E-state index >= 15 is 0 Å². The molecule has 0 saturated heterocycles. The van der Waals surface area contributed by atoms with Crippen LogP contribution in [0.2, 0.25) is 0 Å². The third-order valence-electron chi connectivity index (χ3n) is 4.85. The fourth-order valence-electron chi connectivity index (χ4n) is 3.00. The first-order valence-electron chi connectivity index (χ1n) is 9.61. The average Bonchev–Trinajstić information content (AvgIpc) is 3.18. The SMILES string of the molecule is Cc1cc(C)c(-c2csc(NC(=O)CCNC(=O)c3ccc([N+](=O)[O-])cc3)n2)cc1C. The number of hydrogen-bond acceptors (Lipinski definition) is 6. The van der Waals surface area contributed by atoms with Gasteiger partial charge in [-0.3, -0.25) is 19.7 Å². The van der Waals surface area contributed by atoms with Crippen molar-refractivity contribution in [2.75, 3.05) is 11.9 Å². The van der Waals surface area contributed by atoms with Gasteiger partial charge in [-0.05, 0) is 55.7 Å². The monoisotopic (exact) mass is 438 g/mol. The third-order valence-corrected chi connectivity index (χ3v) is 5.60. The molecule has 0 aliphatic heterocycles. The van der Waals surface area contributed by atoms with Gasteiger partial charge in [0.05, 0.1) is 10.6 Å². The fraction of sp³-hybridized carbons (Fsp3) is 0.227.